The molecule has 0 saturated carbocycles. The first-order chi connectivity index (χ1) is 9.69. The lowest BCUT2D eigenvalue weighted by atomic mass is 9.89. The molecule has 0 radical (unpaired) electrons. The lowest BCUT2D eigenvalue weighted by molar-refractivity contribution is 0.102. The zero-order valence-corrected chi connectivity index (χ0v) is 12.6. The number of amides is 1. The molecule has 3 rings (SSSR count). The fraction of sp³-hybridized carbons (Fsp3) is 0.357. The number of aromatic nitrogens is 1. The summed E-state index contributed by atoms with van der Waals surface area (Å²) in [5, 5.41) is 14.6. The minimum absolute atomic E-state index is 0.241. The highest BCUT2D eigenvalue weighted by Gasteiger charge is 2.25. The monoisotopic (exact) mass is 303 g/mol. The van der Waals surface area contributed by atoms with Crippen LogP contribution in [0.5, 0.6) is 0 Å². The van der Waals surface area contributed by atoms with Crippen molar-refractivity contribution in [3.05, 3.63) is 32.6 Å². The zero-order valence-electron chi connectivity index (χ0n) is 11.0. The van der Waals surface area contributed by atoms with Crippen LogP contribution in [0.2, 0.25) is 0 Å². The van der Waals surface area contributed by atoms with E-state index in [9.17, 15) is 10.1 Å². The summed E-state index contributed by atoms with van der Waals surface area (Å²) >= 11 is 2.92. The Kier molecular flexibility index (Phi) is 3.55. The second-order valence-electron chi connectivity index (χ2n) is 5.00. The molecule has 102 valence electrons. The molecule has 0 aliphatic heterocycles. The summed E-state index contributed by atoms with van der Waals surface area (Å²) in [6.07, 6.45) is 3.04. The molecule has 0 fully saturated rings. The molecule has 20 heavy (non-hydrogen) atoms. The van der Waals surface area contributed by atoms with E-state index >= 15 is 0 Å². The van der Waals surface area contributed by atoms with Gasteiger partial charge in [-0.25, -0.2) is 4.98 Å². The molecule has 6 heteroatoms. The van der Waals surface area contributed by atoms with Gasteiger partial charge in [0, 0.05) is 10.3 Å². The van der Waals surface area contributed by atoms with Crippen LogP contribution in [-0.2, 0) is 12.8 Å². The van der Waals surface area contributed by atoms with Crippen molar-refractivity contribution in [3.63, 3.8) is 0 Å². The Bertz CT molecular complexity index is 682. The van der Waals surface area contributed by atoms with Gasteiger partial charge in [0.25, 0.3) is 5.91 Å². The van der Waals surface area contributed by atoms with Gasteiger partial charge >= 0.3 is 0 Å². The van der Waals surface area contributed by atoms with Crippen LogP contribution in [0.25, 0.3) is 0 Å². The molecule has 1 unspecified atom stereocenters. The number of carbonyl (C=O) groups excluding carboxylic acids is 1. The number of nitrogens with one attached hydrogen (secondary N) is 1. The maximum absolute atomic E-state index is 12.1. The van der Waals surface area contributed by atoms with E-state index in [2.05, 4.69) is 23.3 Å². The number of anilines is 1. The fourth-order valence-electron chi connectivity index (χ4n) is 2.45. The fourth-order valence-corrected chi connectivity index (χ4v) is 4.34. The molecule has 2 aromatic heterocycles. The first-order valence-corrected chi connectivity index (χ1v) is 8.19. The van der Waals surface area contributed by atoms with Crippen LogP contribution < -0.4 is 5.32 Å². The third kappa shape index (κ3) is 2.35. The van der Waals surface area contributed by atoms with Gasteiger partial charge in [0.2, 0.25) is 0 Å². The van der Waals surface area contributed by atoms with Crippen LogP contribution >= 0.6 is 22.7 Å². The SMILES string of the molecule is CC1CCc2c(sc(NC(=O)c3cscn3)c2C#N)C1. The molecular formula is C14H13N3OS2. The highest BCUT2D eigenvalue weighted by Crippen LogP contribution is 2.39. The zero-order chi connectivity index (χ0) is 14.1. The number of hydrogen-bond donors (Lipinski definition) is 1. The molecule has 0 bridgehead atoms. The predicted octanol–water partition coefficient (Wildman–Crippen LogP) is 3.45. The number of thiazole rings is 1. The Morgan fingerprint density at radius 1 is 1.60 bits per heavy atom. The van der Waals surface area contributed by atoms with Gasteiger partial charge in [-0.3, -0.25) is 4.79 Å². The second-order valence-corrected chi connectivity index (χ2v) is 6.82. The molecule has 1 aliphatic rings. The number of fused-ring (bicyclic) bond motifs is 1. The third-order valence-electron chi connectivity index (χ3n) is 3.52. The Hall–Kier alpha value is -1.71. The Morgan fingerprint density at radius 2 is 2.45 bits per heavy atom. The molecule has 0 spiro atoms. The maximum atomic E-state index is 12.1. The van der Waals surface area contributed by atoms with Gasteiger partial charge in [-0.1, -0.05) is 6.92 Å². The van der Waals surface area contributed by atoms with Crippen LogP contribution in [0, 0.1) is 17.2 Å². The van der Waals surface area contributed by atoms with Crippen LogP contribution in [0.15, 0.2) is 10.9 Å². The van der Waals surface area contributed by atoms with Crippen molar-refractivity contribution >= 4 is 33.6 Å². The predicted molar refractivity (Wildman–Crippen MR) is 80.3 cm³/mol. The molecule has 1 N–H and O–H groups in total. The highest BCUT2D eigenvalue weighted by molar-refractivity contribution is 7.16. The number of carbonyl (C=O) groups is 1. The minimum Gasteiger partial charge on any atom is -0.311 e. The van der Waals surface area contributed by atoms with Gasteiger partial charge in [0.05, 0.1) is 11.1 Å². The molecule has 2 aromatic rings. The number of rotatable bonds is 2. The van der Waals surface area contributed by atoms with Crippen LogP contribution in [0.4, 0.5) is 5.00 Å². The van der Waals surface area contributed by atoms with E-state index in [1.807, 2.05) is 0 Å². The molecule has 1 aliphatic carbocycles. The van der Waals surface area contributed by atoms with Crippen LogP contribution in [0.3, 0.4) is 0 Å². The summed E-state index contributed by atoms with van der Waals surface area (Å²) < 4.78 is 0. The summed E-state index contributed by atoms with van der Waals surface area (Å²) in [4.78, 5) is 17.3. The van der Waals surface area contributed by atoms with E-state index in [0.717, 1.165) is 24.8 Å². The summed E-state index contributed by atoms with van der Waals surface area (Å²) in [7, 11) is 0. The van der Waals surface area contributed by atoms with Gasteiger partial charge in [-0.05, 0) is 30.7 Å². The second kappa shape index (κ2) is 5.35. The van der Waals surface area contributed by atoms with E-state index in [1.54, 1.807) is 10.9 Å². The lowest BCUT2D eigenvalue weighted by Crippen LogP contribution is -2.12. The van der Waals surface area contributed by atoms with E-state index in [0.29, 0.717) is 22.2 Å². The van der Waals surface area contributed by atoms with E-state index < -0.39 is 0 Å². The summed E-state index contributed by atoms with van der Waals surface area (Å²) in [6.45, 7) is 2.22. The van der Waals surface area contributed by atoms with Crippen molar-refractivity contribution in [2.45, 2.75) is 26.2 Å². The van der Waals surface area contributed by atoms with Crippen molar-refractivity contribution in [2.24, 2.45) is 5.92 Å². The largest absolute Gasteiger partial charge is 0.311 e. The van der Waals surface area contributed by atoms with Gasteiger partial charge in [-0.15, -0.1) is 22.7 Å². The highest BCUT2D eigenvalue weighted by atomic mass is 32.1. The molecular weight excluding hydrogens is 290 g/mol. The maximum Gasteiger partial charge on any atom is 0.275 e. The minimum atomic E-state index is -0.241. The quantitative estimate of drug-likeness (QED) is 0.924. The van der Waals surface area contributed by atoms with Gasteiger partial charge in [-0.2, -0.15) is 5.26 Å². The van der Waals surface area contributed by atoms with Crippen molar-refractivity contribution < 1.29 is 4.79 Å². The molecule has 0 saturated heterocycles. The van der Waals surface area contributed by atoms with Gasteiger partial charge in [0.15, 0.2) is 0 Å². The number of nitriles is 1. The van der Waals surface area contributed by atoms with Crippen molar-refractivity contribution in [1.82, 2.24) is 4.98 Å². The average molecular weight is 303 g/mol. The first-order valence-electron chi connectivity index (χ1n) is 6.43. The Balaban J connectivity index is 1.91. The van der Waals surface area contributed by atoms with E-state index in [4.69, 9.17) is 0 Å². The number of thiophene rings is 1. The van der Waals surface area contributed by atoms with Crippen LogP contribution in [-0.4, -0.2) is 10.9 Å². The summed E-state index contributed by atoms with van der Waals surface area (Å²) in [5.74, 6) is 0.407. The summed E-state index contributed by atoms with van der Waals surface area (Å²) in [5.41, 5.74) is 3.80. The van der Waals surface area contributed by atoms with Crippen molar-refractivity contribution in [1.29, 1.82) is 5.26 Å². The van der Waals surface area contributed by atoms with Gasteiger partial charge in [0.1, 0.15) is 16.8 Å². The molecule has 2 heterocycles. The molecule has 4 nitrogen and oxygen atoms in total. The number of nitrogens with zero attached hydrogens (tertiary/aromatic N) is 2. The van der Waals surface area contributed by atoms with Crippen molar-refractivity contribution in [2.75, 3.05) is 5.32 Å². The normalized spacial score (nSPS) is 17.3. The average Bonchev–Trinajstić information content (AvgIpc) is 3.04. The lowest BCUT2D eigenvalue weighted by Gasteiger charge is -2.17. The smallest absolute Gasteiger partial charge is 0.275 e. The molecule has 1 amide bonds. The first kappa shape index (κ1) is 13.3. The molecule has 1 atom stereocenters. The molecule has 0 aromatic carbocycles. The summed E-state index contributed by atoms with van der Waals surface area (Å²) in [6, 6.07) is 2.25. The van der Waals surface area contributed by atoms with Crippen LogP contribution in [0.1, 0.15) is 39.8 Å². The van der Waals surface area contributed by atoms with E-state index in [-0.39, 0.29) is 5.91 Å². The van der Waals surface area contributed by atoms with Gasteiger partial charge < -0.3 is 5.32 Å². The Morgan fingerprint density at radius 3 is 3.15 bits per heavy atom. The van der Waals surface area contributed by atoms with E-state index in [1.165, 1.54) is 27.6 Å². The standard InChI is InChI=1S/C14H13N3OS2/c1-8-2-3-9-10(5-15)14(20-12(9)4-8)17-13(18)11-6-19-7-16-11/h6-8H,2-4H2,1H3,(H,17,18). The van der Waals surface area contributed by atoms with Crippen molar-refractivity contribution in [3.8, 4) is 6.07 Å². The Labute approximate surface area is 125 Å². The number of hydrogen-bond acceptors (Lipinski definition) is 5. The third-order valence-corrected chi connectivity index (χ3v) is 5.27. The topological polar surface area (TPSA) is 65.8 Å².